The van der Waals surface area contributed by atoms with Gasteiger partial charge in [0.2, 0.25) is 0 Å². The van der Waals surface area contributed by atoms with Crippen LogP contribution in [0, 0.1) is 0 Å². The van der Waals surface area contributed by atoms with Crippen molar-refractivity contribution in [3.63, 3.8) is 0 Å². The molecule has 0 radical (unpaired) electrons. The van der Waals surface area contributed by atoms with Crippen LogP contribution in [0.5, 0.6) is 5.75 Å². The van der Waals surface area contributed by atoms with E-state index in [4.69, 9.17) is 4.74 Å². The molecule has 0 atom stereocenters. The Morgan fingerprint density at radius 2 is 1.93 bits per heavy atom. The number of carbonyl (C=O) groups excluding carboxylic acids is 1. The summed E-state index contributed by atoms with van der Waals surface area (Å²) in [7, 11) is -1.99. The van der Waals surface area contributed by atoms with Gasteiger partial charge in [-0.15, -0.1) is 0 Å². The summed E-state index contributed by atoms with van der Waals surface area (Å²) in [4.78, 5) is 16.9. The number of rotatable bonds is 6. The van der Waals surface area contributed by atoms with Gasteiger partial charge in [-0.3, -0.25) is 4.79 Å². The zero-order chi connectivity index (χ0) is 19.4. The highest BCUT2D eigenvalue weighted by atomic mass is 32.2. The molecule has 0 N–H and O–H groups in total. The molecule has 0 aliphatic heterocycles. The van der Waals surface area contributed by atoms with Crippen molar-refractivity contribution in [2.45, 2.75) is 19.2 Å². The molecule has 0 saturated carbocycles. The Kier molecular flexibility index (Phi) is 5.76. The Balaban J connectivity index is 1.88. The molecule has 142 valence electrons. The van der Waals surface area contributed by atoms with Gasteiger partial charge in [0, 0.05) is 6.54 Å². The average Bonchev–Trinajstić information content (AvgIpc) is 2.97. The molecule has 0 aliphatic carbocycles. The molecule has 0 aliphatic rings. The van der Waals surface area contributed by atoms with E-state index >= 15 is 0 Å². The van der Waals surface area contributed by atoms with Gasteiger partial charge < -0.3 is 9.30 Å². The zero-order valence-electron chi connectivity index (χ0n) is 15.1. The number of aromatic nitrogens is 1. The number of amides is 1. The second-order valence-corrected chi connectivity index (χ2v) is 9.06. The number of nitrogens with zero attached hydrogens (tertiary/aromatic N) is 2. The SMILES string of the molecule is CCn1c(=NC(=O)CS(=O)(=O)Cc2ccccc2)sc2cc(OC)ccc21. The number of fused-ring (bicyclic) bond motifs is 1. The van der Waals surface area contributed by atoms with Crippen molar-refractivity contribution in [1.82, 2.24) is 4.57 Å². The molecule has 6 nitrogen and oxygen atoms in total. The predicted octanol–water partition coefficient (Wildman–Crippen LogP) is 2.77. The van der Waals surface area contributed by atoms with Crippen LogP contribution in [-0.4, -0.2) is 31.8 Å². The lowest BCUT2D eigenvalue weighted by molar-refractivity contribution is -0.115. The molecule has 27 heavy (non-hydrogen) atoms. The number of hydrogen-bond donors (Lipinski definition) is 0. The Morgan fingerprint density at radius 3 is 2.59 bits per heavy atom. The Hall–Kier alpha value is -2.45. The maximum absolute atomic E-state index is 12.3. The number of benzene rings is 2. The van der Waals surface area contributed by atoms with Crippen molar-refractivity contribution in [2.24, 2.45) is 4.99 Å². The minimum absolute atomic E-state index is 0.174. The number of ether oxygens (including phenoxy) is 1. The van der Waals surface area contributed by atoms with Crippen LogP contribution in [0.2, 0.25) is 0 Å². The monoisotopic (exact) mass is 404 g/mol. The van der Waals surface area contributed by atoms with Gasteiger partial charge in [-0.2, -0.15) is 4.99 Å². The van der Waals surface area contributed by atoms with E-state index in [9.17, 15) is 13.2 Å². The fraction of sp³-hybridized carbons (Fsp3) is 0.263. The lowest BCUT2D eigenvalue weighted by Gasteiger charge is -2.03. The van der Waals surface area contributed by atoms with Crippen molar-refractivity contribution in [3.05, 3.63) is 58.9 Å². The van der Waals surface area contributed by atoms with E-state index in [-0.39, 0.29) is 5.75 Å². The fourth-order valence-corrected chi connectivity index (χ4v) is 5.16. The molecule has 0 saturated heterocycles. The minimum atomic E-state index is -3.58. The van der Waals surface area contributed by atoms with E-state index < -0.39 is 21.5 Å². The third-order valence-corrected chi connectivity index (χ3v) is 6.50. The van der Waals surface area contributed by atoms with Crippen molar-refractivity contribution < 1.29 is 17.9 Å². The van der Waals surface area contributed by atoms with E-state index in [1.54, 1.807) is 31.4 Å². The normalized spacial score (nSPS) is 12.4. The smallest absolute Gasteiger partial charge is 0.263 e. The summed E-state index contributed by atoms with van der Waals surface area (Å²) in [6.45, 7) is 2.57. The largest absolute Gasteiger partial charge is 0.497 e. The number of methoxy groups -OCH3 is 1. The van der Waals surface area contributed by atoms with Crippen molar-refractivity contribution >= 4 is 37.3 Å². The Labute approximate surface area is 161 Å². The van der Waals surface area contributed by atoms with Crippen LogP contribution in [0.1, 0.15) is 12.5 Å². The van der Waals surface area contributed by atoms with Crippen LogP contribution in [0.25, 0.3) is 10.2 Å². The molecule has 1 amide bonds. The highest BCUT2D eigenvalue weighted by Gasteiger charge is 2.17. The first-order chi connectivity index (χ1) is 12.9. The van der Waals surface area contributed by atoms with E-state index in [2.05, 4.69) is 4.99 Å². The van der Waals surface area contributed by atoms with Crippen molar-refractivity contribution in [2.75, 3.05) is 12.9 Å². The van der Waals surface area contributed by atoms with Gasteiger partial charge in [0.05, 0.1) is 23.1 Å². The lowest BCUT2D eigenvalue weighted by Crippen LogP contribution is -2.21. The summed E-state index contributed by atoms with van der Waals surface area (Å²) in [5.74, 6) is -0.725. The van der Waals surface area contributed by atoms with Crippen LogP contribution in [0.3, 0.4) is 0 Å². The number of thiazole rings is 1. The molecule has 1 aromatic heterocycles. The molecule has 0 spiro atoms. The minimum Gasteiger partial charge on any atom is -0.497 e. The highest BCUT2D eigenvalue weighted by molar-refractivity contribution is 7.91. The van der Waals surface area contributed by atoms with Crippen molar-refractivity contribution in [3.8, 4) is 5.75 Å². The highest BCUT2D eigenvalue weighted by Crippen LogP contribution is 2.23. The average molecular weight is 405 g/mol. The first-order valence-electron chi connectivity index (χ1n) is 8.41. The molecule has 0 fully saturated rings. The zero-order valence-corrected chi connectivity index (χ0v) is 16.7. The molecule has 8 heteroatoms. The predicted molar refractivity (Wildman–Crippen MR) is 107 cm³/mol. The topological polar surface area (TPSA) is 77.7 Å². The second kappa shape index (κ2) is 8.06. The van der Waals surface area contributed by atoms with Crippen molar-refractivity contribution in [1.29, 1.82) is 0 Å². The van der Waals surface area contributed by atoms with Gasteiger partial charge in [0.1, 0.15) is 11.5 Å². The van der Waals surface area contributed by atoms with Gasteiger partial charge in [-0.05, 0) is 30.7 Å². The number of aryl methyl sites for hydroxylation is 1. The van der Waals surface area contributed by atoms with Crippen LogP contribution < -0.4 is 9.54 Å². The van der Waals surface area contributed by atoms with E-state index in [1.807, 2.05) is 35.8 Å². The maximum atomic E-state index is 12.3. The summed E-state index contributed by atoms with van der Waals surface area (Å²) in [5, 5.41) is 0. The van der Waals surface area contributed by atoms with Gasteiger partial charge in [0.15, 0.2) is 14.6 Å². The number of hydrogen-bond acceptors (Lipinski definition) is 5. The summed E-state index contributed by atoms with van der Waals surface area (Å²) in [6.07, 6.45) is 0. The van der Waals surface area contributed by atoms with E-state index in [0.29, 0.717) is 16.9 Å². The van der Waals surface area contributed by atoms with Crippen LogP contribution in [-0.2, 0) is 26.9 Å². The van der Waals surface area contributed by atoms with Gasteiger partial charge in [-0.25, -0.2) is 8.42 Å². The van der Waals surface area contributed by atoms with E-state index in [0.717, 1.165) is 16.0 Å². The molecule has 1 heterocycles. The van der Waals surface area contributed by atoms with Crippen LogP contribution >= 0.6 is 11.3 Å². The first kappa shape index (κ1) is 19.3. The Morgan fingerprint density at radius 1 is 1.19 bits per heavy atom. The second-order valence-electron chi connectivity index (χ2n) is 5.99. The summed E-state index contributed by atoms with van der Waals surface area (Å²) in [6, 6.07) is 14.4. The summed E-state index contributed by atoms with van der Waals surface area (Å²) >= 11 is 1.34. The quantitative estimate of drug-likeness (QED) is 0.633. The molecule has 3 rings (SSSR count). The maximum Gasteiger partial charge on any atom is 0.263 e. The van der Waals surface area contributed by atoms with Gasteiger partial charge in [0.25, 0.3) is 5.91 Å². The number of sulfone groups is 1. The third-order valence-electron chi connectivity index (χ3n) is 4.00. The van der Waals surface area contributed by atoms with Gasteiger partial charge in [-0.1, -0.05) is 41.7 Å². The summed E-state index contributed by atoms with van der Waals surface area (Å²) < 4.78 is 32.7. The Bertz CT molecular complexity index is 1130. The van der Waals surface area contributed by atoms with Gasteiger partial charge >= 0.3 is 0 Å². The summed E-state index contributed by atoms with van der Waals surface area (Å²) in [5.41, 5.74) is 1.59. The fourth-order valence-electron chi connectivity index (χ4n) is 2.78. The van der Waals surface area contributed by atoms with Crippen LogP contribution in [0.4, 0.5) is 0 Å². The standard InChI is InChI=1S/C19H20N2O4S2/c1-3-21-16-10-9-15(25-2)11-17(16)26-19(21)20-18(22)13-27(23,24)12-14-7-5-4-6-8-14/h4-11H,3,12-13H2,1-2H3. The molecule has 0 bridgehead atoms. The third kappa shape index (κ3) is 4.64. The molecule has 2 aromatic carbocycles. The molecular weight excluding hydrogens is 384 g/mol. The molecule has 0 unspecified atom stereocenters. The molecule has 3 aromatic rings. The number of carbonyl (C=O) groups is 1. The van der Waals surface area contributed by atoms with Crippen LogP contribution in [0.15, 0.2) is 53.5 Å². The first-order valence-corrected chi connectivity index (χ1v) is 11.0. The van der Waals surface area contributed by atoms with E-state index in [1.165, 1.54) is 11.3 Å². The lowest BCUT2D eigenvalue weighted by atomic mass is 10.2. The molecular formula is C19H20N2O4S2.